The predicted octanol–water partition coefficient (Wildman–Crippen LogP) is 7.83. The molecule has 4 heterocycles. The first kappa shape index (κ1) is 36.5. The maximum absolute atomic E-state index is 14.1. The molecule has 0 spiro atoms. The molecule has 0 aromatic heterocycles. The van der Waals surface area contributed by atoms with Gasteiger partial charge in [0.25, 0.3) is 11.8 Å². The summed E-state index contributed by atoms with van der Waals surface area (Å²) in [4.78, 5) is 36.4. The lowest BCUT2D eigenvalue weighted by Gasteiger charge is -2.25. The second-order valence-corrected chi connectivity index (χ2v) is 15.8. The summed E-state index contributed by atoms with van der Waals surface area (Å²) >= 11 is 0. The van der Waals surface area contributed by atoms with Gasteiger partial charge in [-0.2, -0.15) is 0 Å². The van der Waals surface area contributed by atoms with Gasteiger partial charge in [-0.25, -0.2) is 0 Å². The molecular formula is C47H48N4O6. The summed E-state index contributed by atoms with van der Waals surface area (Å²) in [7, 11) is 7.28. The van der Waals surface area contributed by atoms with Crippen LogP contribution in [0.1, 0.15) is 59.7 Å². The number of benzene rings is 5. The molecule has 2 amide bonds. The van der Waals surface area contributed by atoms with E-state index in [2.05, 4.69) is 48.8 Å². The molecule has 0 fully saturated rings. The minimum absolute atomic E-state index is 0.0285. The van der Waals surface area contributed by atoms with Crippen molar-refractivity contribution in [2.45, 2.75) is 58.9 Å². The van der Waals surface area contributed by atoms with Crippen LogP contribution in [0.5, 0.6) is 23.0 Å². The van der Waals surface area contributed by atoms with E-state index in [-0.39, 0.29) is 23.9 Å². The zero-order valence-corrected chi connectivity index (χ0v) is 33.6. The monoisotopic (exact) mass is 764 g/mol. The van der Waals surface area contributed by atoms with Gasteiger partial charge in [-0.3, -0.25) is 9.59 Å². The van der Waals surface area contributed by atoms with Gasteiger partial charge in [-0.05, 0) is 103 Å². The van der Waals surface area contributed by atoms with E-state index >= 15 is 0 Å². The molecule has 0 saturated carbocycles. The van der Waals surface area contributed by atoms with Gasteiger partial charge in [-0.15, -0.1) is 0 Å². The van der Waals surface area contributed by atoms with Crippen molar-refractivity contribution in [1.29, 1.82) is 0 Å². The average molecular weight is 765 g/mol. The van der Waals surface area contributed by atoms with E-state index in [0.717, 1.165) is 63.4 Å². The number of hydrogen-bond donors (Lipinski definition) is 0. The lowest BCUT2D eigenvalue weighted by Crippen LogP contribution is -2.41. The van der Waals surface area contributed by atoms with Gasteiger partial charge in [0.1, 0.15) is 13.2 Å². The van der Waals surface area contributed by atoms with Crippen LogP contribution in [0.2, 0.25) is 0 Å². The number of anilines is 4. The summed E-state index contributed by atoms with van der Waals surface area (Å²) in [5.41, 5.74) is 12.7. The van der Waals surface area contributed by atoms with Gasteiger partial charge in [0.2, 0.25) is 0 Å². The number of carbonyl (C=O) groups is 2. The third-order valence-electron chi connectivity index (χ3n) is 12.6. The number of para-hydroxylation sites is 2. The number of methoxy groups -OCH3 is 2. The normalized spacial score (nSPS) is 17.9. The van der Waals surface area contributed by atoms with Gasteiger partial charge < -0.3 is 38.5 Å². The number of amides is 2. The summed E-state index contributed by atoms with van der Waals surface area (Å²) in [6.07, 6.45) is 1.65. The molecule has 5 aromatic carbocycles. The van der Waals surface area contributed by atoms with Crippen LogP contribution >= 0.6 is 0 Å². The van der Waals surface area contributed by atoms with Crippen molar-refractivity contribution in [1.82, 2.24) is 0 Å². The number of carbonyl (C=O) groups excluding carboxylic acids is 2. The van der Waals surface area contributed by atoms with Gasteiger partial charge in [0, 0.05) is 50.7 Å². The van der Waals surface area contributed by atoms with Crippen molar-refractivity contribution in [2.24, 2.45) is 0 Å². The first-order valence-electron chi connectivity index (χ1n) is 19.6. The first-order valence-corrected chi connectivity index (χ1v) is 19.6. The van der Waals surface area contributed by atoms with Crippen LogP contribution in [-0.2, 0) is 26.1 Å². The molecule has 0 radical (unpaired) electrons. The Hall–Kier alpha value is -6.16. The minimum atomic E-state index is -0.0285. The largest absolute Gasteiger partial charge is 0.493 e. The fourth-order valence-corrected chi connectivity index (χ4v) is 9.27. The molecule has 0 aliphatic carbocycles. The van der Waals surface area contributed by atoms with Gasteiger partial charge in [0.05, 0.1) is 48.8 Å². The molecule has 10 heteroatoms. The van der Waals surface area contributed by atoms with E-state index in [1.54, 1.807) is 14.2 Å². The number of fused-ring (bicyclic) bond motifs is 8. The second kappa shape index (κ2) is 14.1. The molecule has 10 nitrogen and oxygen atoms in total. The van der Waals surface area contributed by atoms with Crippen LogP contribution in [0.15, 0.2) is 78.9 Å². The van der Waals surface area contributed by atoms with Gasteiger partial charge in [0.15, 0.2) is 23.0 Å². The third kappa shape index (κ3) is 6.00. The second-order valence-electron chi connectivity index (χ2n) is 15.8. The average Bonchev–Trinajstić information content (AvgIpc) is 3.72. The number of ether oxygens (including phenoxy) is 4. The third-order valence-corrected chi connectivity index (χ3v) is 12.6. The Balaban J connectivity index is 0.968. The summed E-state index contributed by atoms with van der Waals surface area (Å²) in [5, 5.41) is 0. The Kier molecular flexibility index (Phi) is 9.02. The van der Waals surface area contributed by atoms with Crippen LogP contribution < -0.4 is 38.5 Å². The molecule has 9 rings (SSSR count). The summed E-state index contributed by atoms with van der Waals surface area (Å²) in [6, 6.07) is 26.1. The van der Waals surface area contributed by atoms with Gasteiger partial charge in [-0.1, -0.05) is 36.4 Å². The smallest absolute Gasteiger partial charge is 0.260 e. The Morgan fingerprint density at radius 1 is 0.544 bits per heavy atom. The maximum Gasteiger partial charge on any atom is 0.260 e. The standard InChI is InChI=1S/C47H48N4O6/c1-27-28(2)32(25-56-44-21-40-36(19-42(44)54-6)46(52)50-34(23-48(40)4)17-30-12-8-10-14-38(30)50)16-33(29(27)3)26-57-45-22-41-37(20-43(45)55-7)47(53)51-35(24-49(41)5)18-31-13-9-11-15-39(31)51/h8-16,19-22,34-35H,17-18,23-26H2,1-7H3/t34-,35-/m0/s1. The SMILES string of the molecule is COc1cc2c(cc1OCc1cc(COc3cc4c(cc3OC)C(=O)N3c5ccccc5C[C@H]3CN4C)c(C)c(C)c1C)N(C)C[C@@H]1Cc3ccccc3N1C2=O. The highest BCUT2D eigenvalue weighted by molar-refractivity contribution is 6.13. The van der Waals surface area contributed by atoms with E-state index in [0.29, 0.717) is 60.4 Å². The molecule has 5 aromatic rings. The van der Waals surface area contributed by atoms with E-state index in [1.807, 2.05) is 84.6 Å². The Morgan fingerprint density at radius 3 is 1.39 bits per heavy atom. The Bertz CT molecular complexity index is 2300. The zero-order valence-electron chi connectivity index (χ0n) is 33.6. The van der Waals surface area contributed by atoms with Crippen molar-refractivity contribution < 1.29 is 28.5 Å². The fourth-order valence-electron chi connectivity index (χ4n) is 9.27. The van der Waals surface area contributed by atoms with Crippen molar-refractivity contribution in [2.75, 3.05) is 61.0 Å². The fraction of sp³-hybridized carbons (Fsp3) is 0.319. The van der Waals surface area contributed by atoms with Crippen molar-refractivity contribution in [3.63, 3.8) is 0 Å². The summed E-state index contributed by atoms with van der Waals surface area (Å²) < 4.78 is 24.8. The molecule has 4 aliphatic rings. The van der Waals surface area contributed by atoms with Crippen LogP contribution in [0.3, 0.4) is 0 Å². The van der Waals surface area contributed by atoms with Crippen LogP contribution in [0.4, 0.5) is 22.7 Å². The molecule has 2 atom stereocenters. The van der Waals surface area contributed by atoms with Crippen LogP contribution in [0, 0.1) is 20.8 Å². The predicted molar refractivity (Wildman–Crippen MR) is 223 cm³/mol. The maximum atomic E-state index is 14.1. The van der Waals surface area contributed by atoms with Crippen LogP contribution in [0.25, 0.3) is 0 Å². The molecular weight excluding hydrogens is 717 g/mol. The highest BCUT2D eigenvalue weighted by atomic mass is 16.5. The molecule has 0 unspecified atom stereocenters. The van der Waals surface area contributed by atoms with Crippen molar-refractivity contribution >= 4 is 34.6 Å². The molecule has 4 aliphatic heterocycles. The van der Waals surface area contributed by atoms with E-state index in [4.69, 9.17) is 18.9 Å². The highest BCUT2D eigenvalue weighted by Crippen LogP contribution is 2.44. The molecule has 0 saturated heterocycles. The quantitative estimate of drug-likeness (QED) is 0.158. The first-order chi connectivity index (χ1) is 27.6. The van der Waals surface area contributed by atoms with Crippen molar-refractivity contribution in [3.8, 4) is 23.0 Å². The molecule has 292 valence electrons. The number of nitrogens with zero attached hydrogens (tertiary/aromatic N) is 4. The number of rotatable bonds is 8. The van der Waals surface area contributed by atoms with Crippen LogP contribution in [-0.4, -0.2) is 65.3 Å². The molecule has 0 bridgehead atoms. The number of hydrogen-bond acceptors (Lipinski definition) is 8. The Labute approximate surface area is 334 Å². The topological polar surface area (TPSA) is 84.0 Å². The highest BCUT2D eigenvalue weighted by Gasteiger charge is 2.41. The summed E-state index contributed by atoms with van der Waals surface area (Å²) in [5.74, 6) is 2.11. The van der Waals surface area contributed by atoms with E-state index < -0.39 is 0 Å². The van der Waals surface area contributed by atoms with E-state index in [1.165, 1.54) is 11.1 Å². The lowest BCUT2D eigenvalue weighted by atomic mass is 9.94. The zero-order chi connectivity index (χ0) is 39.7. The lowest BCUT2D eigenvalue weighted by molar-refractivity contribution is 0.0975. The molecule has 57 heavy (non-hydrogen) atoms. The number of likely N-dealkylation sites (N-methyl/N-ethyl adjacent to an activating group) is 2. The minimum Gasteiger partial charge on any atom is -0.493 e. The molecule has 0 N–H and O–H groups in total. The van der Waals surface area contributed by atoms with E-state index in [9.17, 15) is 9.59 Å². The van der Waals surface area contributed by atoms with Crippen molar-refractivity contribution in [3.05, 3.63) is 129 Å². The summed E-state index contributed by atoms with van der Waals surface area (Å²) in [6.45, 7) is 8.35. The Morgan fingerprint density at radius 2 is 0.965 bits per heavy atom. The van der Waals surface area contributed by atoms with Gasteiger partial charge >= 0.3 is 0 Å².